The van der Waals surface area contributed by atoms with Gasteiger partial charge in [0.15, 0.2) is 0 Å². The second kappa shape index (κ2) is 4.89. The Morgan fingerprint density at radius 1 is 1.52 bits per heavy atom. The molecule has 0 spiro atoms. The largest absolute Gasteiger partial charge is 0.374 e. The quantitative estimate of drug-likeness (QED) is 0.654. The molecule has 0 fully saturated rings. The van der Waals surface area contributed by atoms with Crippen LogP contribution in [0.2, 0.25) is 0 Å². The first kappa shape index (κ1) is 13.1. The molecule has 3 rings (SSSR count). The topological polar surface area (TPSA) is 102 Å². The molecule has 0 bridgehead atoms. The molecular weight excluding hydrogens is 274 g/mol. The van der Waals surface area contributed by atoms with E-state index in [1.807, 2.05) is 6.07 Å². The van der Waals surface area contributed by atoms with E-state index < -0.39 is 4.92 Å². The molecule has 0 aliphatic carbocycles. The van der Waals surface area contributed by atoms with Crippen LogP contribution in [0.3, 0.4) is 0 Å². The third-order valence-electron chi connectivity index (χ3n) is 3.43. The van der Waals surface area contributed by atoms with E-state index in [9.17, 15) is 14.9 Å². The molecule has 8 nitrogen and oxygen atoms in total. The van der Waals surface area contributed by atoms with Crippen molar-refractivity contribution >= 4 is 23.0 Å². The van der Waals surface area contributed by atoms with Gasteiger partial charge < -0.3 is 10.6 Å². The minimum Gasteiger partial charge on any atom is -0.374 e. The molecule has 0 atom stereocenters. The zero-order chi connectivity index (χ0) is 15.0. The zero-order valence-corrected chi connectivity index (χ0v) is 11.3. The minimum absolute atomic E-state index is 0.0348. The third kappa shape index (κ3) is 2.42. The number of anilines is 2. The predicted molar refractivity (Wildman–Crippen MR) is 76.0 cm³/mol. The van der Waals surface area contributed by atoms with E-state index >= 15 is 0 Å². The number of fused-ring (bicyclic) bond motifs is 1. The fourth-order valence-electron chi connectivity index (χ4n) is 2.31. The minimum atomic E-state index is -0.450. The molecule has 0 radical (unpaired) electrons. The van der Waals surface area contributed by atoms with Crippen LogP contribution < -0.4 is 10.6 Å². The lowest BCUT2D eigenvalue weighted by Crippen LogP contribution is -2.07. The maximum absolute atomic E-state index is 11.4. The van der Waals surface area contributed by atoms with Crippen molar-refractivity contribution in [2.75, 3.05) is 10.6 Å². The molecular formula is C13H13N5O3. The van der Waals surface area contributed by atoms with Gasteiger partial charge in [-0.25, -0.2) is 0 Å². The Morgan fingerprint density at radius 3 is 3.00 bits per heavy atom. The molecule has 0 saturated carbocycles. The normalized spacial score (nSPS) is 12.9. The van der Waals surface area contributed by atoms with E-state index in [1.165, 1.54) is 6.07 Å². The molecule has 2 heterocycles. The van der Waals surface area contributed by atoms with Crippen molar-refractivity contribution in [2.45, 2.75) is 13.0 Å². The number of nitro groups is 1. The maximum Gasteiger partial charge on any atom is 0.292 e. The number of benzene rings is 1. The van der Waals surface area contributed by atoms with Crippen LogP contribution in [0.15, 0.2) is 24.4 Å². The van der Waals surface area contributed by atoms with E-state index in [0.29, 0.717) is 23.5 Å². The Morgan fingerprint density at radius 2 is 2.33 bits per heavy atom. The number of amides is 1. The molecule has 108 valence electrons. The summed E-state index contributed by atoms with van der Waals surface area (Å²) < 4.78 is 1.69. The van der Waals surface area contributed by atoms with Gasteiger partial charge in [-0.1, -0.05) is 0 Å². The standard InChI is InChI=1S/C13H13N5O3/c1-17-9(2-3-15-17)7-14-11-6-10-8(5-13(19)16-10)4-12(11)18(20)21/h2-4,6,14H,5,7H2,1H3,(H,16,19). The van der Waals surface area contributed by atoms with Crippen molar-refractivity contribution < 1.29 is 9.72 Å². The molecule has 1 aromatic carbocycles. The summed E-state index contributed by atoms with van der Waals surface area (Å²) in [4.78, 5) is 22.1. The van der Waals surface area contributed by atoms with Gasteiger partial charge in [0.05, 0.1) is 23.6 Å². The van der Waals surface area contributed by atoms with Crippen molar-refractivity contribution in [3.8, 4) is 0 Å². The fourth-order valence-corrected chi connectivity index (χ4v) is 2.31. The monoisotopic (exact) mass is 287 g/mol. The van der Waals surface area contributed by atoms with Crippen molar-refractivity contribution in [3.05, 3.63) is 45.8 Å². The number of carbonyl (C=O) groups excluding carboxylic acids is 1. The highest BCUT2D eigenvalue weighted by Gasteiger charge is 2.24. The SMILES string of the molecule is Cn1nccc1CNc1cc2c(cc1[N+](=O)[O-])CC(=O)N2. The summed E-state index contributed by atoms with van der Waals surface area (Å²) in [6, 6.07) is 4.88. The average Bonchev–Trinajstić information content (AvgIpc) is 2.99. The Balaban J connectivity index is 1.90. The number of hydrogen-bond donors (Lipinski definition) is 2. The van der Waals surface area contributed by atoms with Crippen molar-refractivity contribution in [1.82, 2.24) is 9.78 Å². The Hall–Kier alpha value is -2.90. The van der Waals surface area contributed by atoms with E-state index in [-0.39, 0.29) is 18.0 Å². The van der Waals surface area contributed by atoms with Gasteiger partial charge in [-0.05, 0) is 17.7 Å². The second-order valence-corrected chi connectivity index (χ2v) is 4.81. The molecule has 2 aromatic rings. The lowest BCUT2D eigenvalue weighted by Gasteiger charge is -2.09. The number of hydrogen-bond acceptors (Lipinski definition) is 5. The van der Waals surface area contributed by atoms with Crippen LogP contribution in [0.25, 0.3) is 0 Å². The molecule has 1 aliphatic rings. The van der Waals surface area contributed by atoms with Crippen molar-refractivity contribution in [3.63, 3.8) is 0 Å². The molecule has 1 aliphatic heterocycles. The number of nitrogens with one attached hydrogen (secondary N) is 2. The summed E-state index contributed by atoms with van der Waals surface area (Å²) in [7, 11) is 1.80. The van der Waals surface area contributed by atoms with Crippen LogP contribution in [-0.4, -0.2) is 20.6 Å². The summed E-state index contributed by atoms with van der Waals surface area (Å²) in [6.07, 6.45) is 1.84. The van der Waals surface area contributed by atoms with Crippen LogP contribution in [0.1, 0.15) is 11.3 Å². The summed E-state index contributed by atoms with van der Waals surface area (Å²) in [5.41, 5.74) is 2.51. The predicted octanol–water partition coefficient (Wildman–Crippen LogP) is 1.43. The highest BCUT2D eigenvalue weighted by molar-refractivity contribution is 6.00. The van der Waals surface area contributed by atoms with Gasteiger partial charge in [-0.3, -0.25) is 19.6 Å². The summed E-state index contributed by atoms with van der Waals surface area (Å²) >= 11 is 0. The summed E-state index contributed by atoms with van der Waals surface area (Å²) in [5, 5.41) is 20.9. The number of nitrogens with zero attached hydrogens (tertiary/aromatic N) is 3. The molecule has 0 unspecified atom stereocenters. The number of carbonyl (C=O) groups is 1. The molecule has 2 N–H and O–H groups in total. The molecule has 8 heteroatoms. The smallest absolute Gasteiger partial charge is 0.292 e. The molecule has 21 heavy (non-hydrogen) atoms. The maximum atomic E-state index is 11.4. The van der Waals surface area contributed by atoms with Crippen LogP contribution in [0, 0.1) is 10.1 Å². The average molecular weight is 287 g/mol. The Kier molecular flexibility index (Phi) is 3.05. The van der Waals surface area contributed by atoms with Gasteiger partial charge in [0.25, 0.3) is 5.69 Å². The number of rotatable bonds is 4. The van der Waals surface area contributed by atoms with Gasteiger partial charge in [-0.15, -0.1) is 0 Å². The molecule has 0 saturated heterocycles. The van der Waals surface area contributed by atoms with Crippen molar-refractivity contribution in [1.29, 1.82) is 0 Å². The van der Waals surface area contributed by atoms with Crippen LogP contribution in [0.5, 0.6) is 0 Å². The first-order chi connectivity index (χ1) is 10.0. The molecule has 1 amide bonds. The summed E-state index contributed by atoms with van der Waals surface area (Å²) in [6.45, 7) is 0.407. The van der Waals surface area contributed by atoms with Crippen LogP contribution >= 0.6 is 0 Å². The first-order valence-electron chi connectivity index (χ1n) is 6.36. The van der Waals surface area contributed by atoms with E-state index in [0.717, 1.165) is 5.69 Å². The first-order valence-corrected chi connectivity index (χ1v) is 6.36. The van der Waals surface area contributed by atoms with Gasteiger partial charge >= 0.3 is 0 Å². The number of aromatic nitrogens is 2. The highest BCUT2D eigenvalue weighted by atomic mass is 16.6. The number of aryl methyl sites for hydroxylation is 1. The lowest BCUT2D eigenvalue weighted by molar-refractivity contribution is -0.384. The molecule has 1 aromatic heterocycles. The fraction of sp³-hybridized carbons (Fsp3) is 0.231. The van der Waals surface area contributed by atoms with E-state index in [4.69, 9.17) is 0 Å². The second-order valence-electron chi connectivity index (χ2n) is 4.81. The highest BCUT2D eigenvalue weighted by Crippen LogP contribution is 2.34. The van der Waals surface area contributed by atoms with Gasteiger partial charge in [0.2, 0.25) is 5.91 Å². The van der Waals surface area contributed by atoms with Gasteiger partial charge in [0, 0.05) is 25.0 Å². The van der Waals surface area contributed by atoms with E-state index in [2.05, 4.69) is 15.7 Å². The van der Waals surface area contributed by atoms with Crippen LogP contribution in [-0.2, 0) is 24.8 Å². The Labute approximate surface area is 119 Å². The lowest BCUT2D eigenvalue weighted by atomic mass is 10.1. The van der Waals surface area contributed by atoms with E-state index in [1.54, 1.807) is 24.0 Å². The number of nitro benzene ring substituents is 1. The Bertz CT molecular complexity index is 737. The third-order valence-corrected chi connectivity index (χ3v) is 3.43. The van der Waals surface area contributed by atoms with Crippen molar-refractivity contribution in [2.24, 2.45) is 7.05 Å². The summed E-state index contributed by atoms with van der Waals surface area (Å²) in [5.74, 6) is -0.150. The van der Waals surface area contributed by atoms with Gasteiger partial charge in [0.1, 0.15) is 5.69 Å². The zero-order valence-electron chi connectivity index (χ0n) is 11.3. The van der Waals surface area contributed by atoms with Crippen LogP contribution in [0.4, 0.5) is 17.1 Å². The van der Waals surface area contributed by atoms with Gasteiger partial charge in [-0.2, -0.15) is 5.10 Å².